The molecule has 0 fully saturated rings. The number of benzene rings is 4. The first-order valence-corrected chi connectivity index (χ1v) is 20.5. The Labute approximate surface area is 335 Å². The zero-order chi connectivity index (χ0) is 41.0. The Hall–Kier alpha value is -4.81. The molecule has 302 valence electrons. The SMILES string of the molecule is O=C(Nc1cccc(S(=O)(=O)CCOS(=O)(=O)O)c1)c1cccc(N=Nc2c(SOOO)cc3cc(Nc4nc(Cl)nc(NCCSOOO)n4)ccc3c2O)c1. The summed E-state index contributed by atoms with van der Waals surface area (Å²) in [7, 11) is -8.89. The number of hydrogen-bond acceptors (Lipinski definition) is 22. The molecule has 5 rings (SSSR count). The number of nitrogens with one attached hydrogen (secondary N) is 3. The number of fused-ring (bicyclic) bond motifs is 1. The summed E-state index contributed by atoms with van der Waals surface area (Å²) >= 11 is 7.40. The average molecular weight is 887 g/mol. The van der Waals surface area contributed by atoms with Gasteiger partial charge in [-0.1, -0.05) is 22.2 Å². The van der Waals surface area contributed by atoms with E-state index in [1.54, 1.807) is 24.3 Å². The van der Waals surface area contributed by atoms with E-state index in [4.69, 9.17) is 26.7 Å². The van der Waals surface area contributed by atoms with Crippen molar-refractivity contribution in [3.8, 4) is 5.75 Å². The van der Waals surface area contributed by atoms with E-state index in [0.717, 1.165) is 18.1 Å². The fourth-order valence-electron chi connectivity index (χ4n) is 4.67. The first kappa shape index (κ1) is 43.3. The van der Waals surface area contributed by atoms with E-state index in [2.05, 4.69) is 64.1 Å². The Bertz CT molecular complexity index is 2490. The van der Waals surface area contributed by atoms with Gasteiger partial charge in [0.2, 0.25) is 17.2 Å². The van der Waals surface area contributed by atoms with Gasteiger partial charge in [-0.05, 0) is 77.7 Å². The number of azo groups is 1. The smallest absolute Gasteiger partial charge is 0.397 e. The Morgan fingerprint density at radius 2 is 1.65 bits per heavy atom. The molecular weight excluding hydrogens is 860 g/mol. The molecule has 0 unspecified atom stereocenters. The molecule has 0 bridgehead atoms. The van der Waals surface area contributed by atoms with E-state index in [1.807, 2.05) is 0 Å². The van der Waals surface area contributed by atoms with E-state index in [1.165, 1.54) is 42.5 Å². The minimum absolute atomic E-state index is 0.0834. The van der Waals surface area contributed by atoms with Crippen molar-refractivity contribution in [3.05, 3.63) is 83.6 Å². The first-order chi connectivity index (χ1) is 27.2. The van der Waals surface area contributed by atoms with Gasteiger partial charge in [0, 0.05) is 46.7 Å². The third kappa shape index (κ3) is 12.8. The van der Waals surface area contributed by atoms with Gasteiger partial charge in [-0.25, -0.2) is 23.1 Å². The number of sulfone groups is 1. The van der Waals surface area contributed by atoms with Crippen LogP contribution < -0.4 is 16.0 Å². The fraction of sp³-hybridized carbons (Fsp3) is 0.133. The van der Waals surface area contributed by atoms with Crippen LogP contribution in [0.1, 0.15) is 10.4 Å². The monoisotopic (exact) mass is 886 g/mol. The molecule has 4 aromatic carbocycles. The number of phenolic OH excluding ortho intramolecular Hbond substituents is 1. The second-order valence-corrected chi connectivity index (χ2v) is 15.9. The lowest BCUT2D eigenvalue weighted by atomic mass is 10.1. The zero-order valence-corrected chi connectivity index (χ0v) is 32.4. The highest BCUT2D eigenvalue weighted by Crippen LogP contribution is 2.44. The maximum atomic E-state index is 13.1. The fourth-order valence-corrected chi connectivity index (χ4v) is 7.15. The van der Waals surface area contributed by atoms with Gasteiger partial charge >= 0.3 is 10.4 Å². The van der Waals surface area contributed by atoms with Gasteiger partial charge in [0.15, 0.2) is 15.6 Å². The summed E-state index contributed by atoms with van der Waals surface area (Å²) < 4.78 is 68.5. The number of hydrogen-bond donors (Lipinski definition) is 7. The summed E-state index contributed by atoms with van der Waals surface area (Å²) in [5.74, 6) is -1.15. The van der Waals surface area contributed by atoms with E-state index in [9.17, 15) is 26.7 Å². The normalized spacial score (nSPS) is 11.9. The van der Waals surface area contributed by atoms with Gasteiger partial charge in [0.05, 0.1) is 39.9 Å². The number of aromatic nitrogens is 3. The first-order valence-electron chi connectivity index (χ1n) is 15.5. The summed E-state index contributed by atoms with van der Waals surface area (Å²) in [5, 5.41) is 53.1. The van der Waals surface area contributed by atoms with E-state index in [-0.39, 0.29) is 55.3 Å². The molecule has 1 heterocycles. The lowest BCUT2D eigenvalue weighted by Crippen LogP contribution is -2.16. The Morgan fingerprint density at radius 3 is 2.42 bits per heavy atom. The predicted octanol–water partition coefficient (Wildman–Crippen LogP) is 6.30. The van der Waals surface area contributed by atoms with Gasteiger partial charge in [-0.2, -0.15) is 28.5 Å². The molecular formula is C30H27ClN8O14S4. The largest absolute Gasteiger partial charge is 0.505 e. The van der Waals surface area contributed by atoms with Crippen LogP contribution in [0.2, 0.25) is 5.28 Å². The molecule has 22 nitrogen and oxygen atoms in total. The number of carbonyl (C=O) groups excluding carboxylic acids is 1. The van der Waals surface area contributed by atoms with Crippen LogP contribution in [0.15, 0.2) is 92.8 Å². The van der Waals surface area contributed by atoms with Crippen LogP contribution in [0, 0.1) is 0 Å². The summed E-state index contributed by atoms with van der Waals surface area (Å²) in [6, 6.07) is 17.4. The van der Waals surface area contributed by atoms with Crippen molar-refractivity contribution in [1.29, 1.82) is 0 Å². The number of nitrogens with zero attached hydrogens (tertiary/aromatic N) is 5. The van der Waals surface area contributed by atoms with Crippen LogP contribution >= 0.6 is 35.7 Å². The van der Waals surface area contributed by atoms with Gasteiger partial charge in [0.25, 0.3) is 5.91 Å². The Morgan fingerprint density at radius 1 is 0.877 bits per heavy atom. The maximum Gasteiger partial charge on any atom is 0.397 e. The number of rotatable bonds is 20. The molecule has 57 heavy (non-hydrogen) atoms. The van der Waals surface area contributed by atoms with Gasteiger partial charge in [-0.3, -0.25) is 9.35 Å². The molecule has 5 aromatic rings. The van der Waals surface area contributed by atoms with Crippen LogP contribution in [0.5, 0.6) is 5.75 Å². The van der Waals surface area contributed by atoms with Crippen LogP contribution in [0.4, 0.5) is 34.6 Å². The zero-order valence-electron chi connectivity index (χ0n) is 28.4. The quantitative estimate of drug-likeness (QED) is 0.0113. The molecule has 27 heteroatoms. The highest BCUT2D eigenvalue weighted by Gasteiger charge is 2.19. The van der Waals surface area contributed by atoms with Crippen molar-refractivity contribution in [1.82, 2.24) is 15.0 Å². The Balaban J connectivity index is 1.32. The molecule has 0 aliphatic rings. The minimum atomic E-state index is -4.83. The molecule has 0 radical (unpaired) electrons. The van der Waals surface area contributed by atoms with E-state index < -0.39 is 38.5 Å². The summed E-state index contributed by atoms with van der Waals surface area (Å²) in [4.78, 5) is 25.3. The van der Waals surface area contributed by atoms with E-state index in [0.29, 0.717) is 40.8 Å². The second kappa shape index (κ2) is 20.1. The summed E-state index contributed by atoms with van der Waals surface area (Å²) in [5.41, 5.74) is 0.748. The predicted molar refractivity (Wildman–Crippen MR) is 205 cm³/mol. The van der Waals surface area contributed by atoms with Crippen molar-refractivity contribution in [2.45, 2.75) is 9.79 Å². The lowest BCUT2D eigenvalue weighted by Gasteiger charge is -2.12. The van der Waals surface area contributed by atoms with Crippen molar-refractivity contribution < 1.29 is 64.7 Å². The molecule has 0 atom stereocenters. The minimum Gasteiger partial charge on any atom is -0.505 e. The standard InChI is InChI=1S/C30H27ClN8O14S4/c31-28-35-29(32-9-11-54-52-50-42)37-30(36-28)34-20-7-8-23-18(14-20)15-24(55-53-51-43)25(26(23)40)39-38-21-5-1-3-17(13-21)27(41)33-19-4-2-6-22(16-19)56(44,45)12-10-49-57(46,47)48/h1-8,13-16,40,42-43H,9-12H2,(H,33,41)(H,46,47,48)(H2,32,34,35,36,37). The summed E-state index contributed by atoms with van der Waals surface area (Å²) in [6.45, 7) is -0.501. The molecule has 7 N–H and O–H groups in total. The number of aromatic hydroxyl groups is 1. The van der Waals surface area contributed by atoms with Crippen LogP contribution in [0.3, 0.4) is 0 Å². The maximum absolute atomic E-state index is 13.1. The lowest BCUT2D eigenvalue weighted by molar-refractivity contribution is -0.432. The molecule has 1 aromatic heterocycles. The number of halogens is 1. The molecule has 0 saturated heterocycles. The highest BCUT2D eigenvalue weighted by molar-refractivity contribution is 7.95. The summed E-state index contributed by atoms with van der Waals surface area (Å²) in [6.07, 6.45) is 0. The molecule has 1 amide bonds. The molecule has 0 aliphatic carbocycles. The number of phenols is 1. The van der Waals surface area contributed by atoms with Crippen molar-refractivity contribution >= 4 is 107 Å². The van der Waals surface area contributed by atoms with Crippen molar-refractivity contribution in [2.24, 2.45) is 10.2 Å². The van der Waals surface area contributed by atoms with E-state index >= 15 is 0 Å². The van der Waals surface area contributed by atoms with Gasteiger partial charge < -0.3 is 21.1 Å². The Kier molecular flexibility index (Phi) is 15.2. The van der Waals surface area contributed by atoms with Gasteiger partial charge in [0.1, 0.15) is 5.69 Å². The average Bonchev–Trinajstić information content (AvgIpc) is 3.16. The topological polar surface area (TPSA) is 312 Å². The van der Waals surface area contributed by atoms with Crippen LogP contribution in [-0.4, -0.2) is 82.5 Å². The number of anilines is 4. The van der Waals surface area contributed by atoms with Crippen LogP contribution in [0.25, 0.3) is 10.8 Å². The second-order valence-electron chi connectivity index (χ2n) is 10.8. The van der Waals surface area contributed by atoms with Crippen LogP contribution in [-0.2, 0) is 43.2 Å². The number of amides is 1. The molecule has 0 aliphatic heterocycles. The van der Waals surface area contributed by atoms with Crippen molar-refractivity contribution in [3.63, 3.8) is 0 Å². The molecule has 0 spiro atoms. The third-order valence-electron chi connectivity index (χ3n) is 7.03. The molecule has 0 saturated carbocycles. The van der Waals surface area contributed by atoms with Gasteiger partial charge in [-0.15, -0.1) is 13.8 Å². The third-order valence-corrected chi connectivity index (χ3v) is 10.5. The number of carbonyl (C=O) groups is 1. The van der Waals surface area contributed by atoms with Crippen molar-refractivity contribution in [2.75, 3.05) is 40.6 Å². The highest BCUT2D eigenvalue weighted by atomic mass is 35.5.